The molecule has 4 saturated carbocycles. The normalized spacial score (nSPS) is 39.8. The van der Waals surface area contributed by atoms with Crippen LogP contribution < -0.4 is 4.90 Å². The average molecular weight is 315 g/mol. The van der Waals surface area contributed by atoms with Gasteiger partial charge in [-0.2, -0.15) is 0 Å². The van der Waals surface area contributed by atoms with Gasteiger partial charge in [0.05, 0.1) is 38.0 Å². The number of hydrogen-bond acceptors (Lipinski definition) is 2. The standard InChI is InChI=1S/C19H26N2O2/c22-18(17-2-1-7-23-17)20-3-5-21(6-4-20)19-11-14-8-15(12-19)10-16(9-14)13-19/h1-2,7,14-16H,3-6,8-13H2/p+1. The van der Waals surface area contributed by atoms with E-state index >= 15 is 0 Å². The maximum atomic E-state index is 12.4. The molecule has 4 aliphatic carbocycles. The van der Waals surface area contributed by atoms with Crippen molar-refractivity contribution >= 4 is 5.91 Å². The van der Waals surface area contributed by atoms with Gasteiger partial charge >= 0.3 is 0 Å². The van der Waals surface area contributed by atoms with E-state index < -0.39 is 0 Å². The summed E-state index contributed by atoms with van der Waals surface area (Å²) in [5, 5.41) is 0. The molecule has 0 spiro atoms. The Balaban J connectivity index is 1.27. The SMILES string of the molecule is O=C(c1ccco1)N1CC[NH+](C23CC4CC(CC(C4)C2)C3)CC1. The highest BCUT2D eigenvalue weighted by molar-refractivity contribution is 5.91. The van der Waals surface area contributed by atoms with Gasteiger partial charge in [-0.25, -0.2) is 0 Å². The van der Waals surface area contributed by atoms with E-state index in [1.165, 1.54) is 38.5 Å². The highest BCUT2D eigenvalue weighted by Gasteiger charge is 2.56. The van der Waals surface area contributed by atoms with Crippen molar-refractivity contribution in [3.63, 3.8) is 0 Å². The lowest BCUT2D eigenvalue weighted by molar-refractivity contribution is -0.962. The zero-order valence-electron chi connectivity index (χ0n) is 13.8. The Morgan fingerprint density at radius 3 is 2.22 bits per heavy atom. The van der Waals surface area contributed by atoms with E-state index in [-0.39, 0.29) is 5.91 Å². The number of amides is 1. The van der Waals surface area contributed by atoms with E-state index in [1.807, 2.05) is 4.90 Å². The van der Waals surface area contributed by atoms with Gasteiger partial charge in [0, 0.05) is 19.3 Å². The van der Waals surface area contributed by atoms with Gasteiger partial charge in [0.1, 0.15) is 0 Å². The van der Waals surface area contributed by atoms with Crippen LogP contribution >= 0.6 is 0 Å². The van der Waals surface area contributed by atoms with Crippen LogP contribution in [-0.4, -0.2) is 42.5 Å². The molecule has 5 fully saturated rings. The van der Waals surface area contributed by atoms with Crippen molar-refractivity contribution in [2.75, 3.05) is 26.2 Å². The molecule has 6 rings (SSSR count). The summed E-state index contributed by atoms with van der Waals surface area (Å²) in [6.07, 6.45) is 10.5. The number of hydrogen-bond donors (Lipinski definition) is 1. The maximum Gasteiger partial charge on any atom is 0.289 e. The third-order valence-electron chi connectivity index (χ3n) is 7.17. The third-order valence-corrected chi connectivity index (χ3v) is 7.17. The number of furan rings is 1. The van der Waals surface area contributed by atoms with Gasteiger partial charge in [-0.3, -0.25) is 4.79 Å². The Hall–Kier alpha value is -1.29. The molecule has 5 aliphatic rings. The molecule has 1 aliphatic heterocycles. The van der Waals surface area contributed by atoms with Crippen LogP contribution in [0.1, 0.15) is 49.1 Å². The van der Waals surface area contributed by atoms with Gasteiger partial charge in [-0.1, -0.05) is 0 Å². The molecule has 1 N–H and O–H groups in total. The number of nitrogens with zero attached hydrogens (tertiary/aromatic N) is 1. The minimum absolute atomic E-state index is 0.0690. The van der Waals surface area contributed by atoms with Crippen molar-refractivity contribution in [2.24, 2.45) is 17.8 Å². The lowest BCUT2D eigenvalue weighted by atomic mass is 9.52. The van der Waals surface area contributed by atoms with Crippen LogP contribution in [0.3, 0.4) is 0 Å². The van der Waals surface area contributed by atoms with Gasteiger partial charge < -0.3 is 14.2 Å². The smallest absolute Gasteiger partial charge is 0.289 e. The summed E-state index contributed by atoms with van der Waals surface area (Å²) >= 11 is 0. The van der Waals surface area contributed by atoms with Crippen molar-refractivity contribution in [1.82, 2.24) is 4.90 Å². The van der Waals surface area contributed by atoms with E-state index in [1.54, 1.807) is 23.3 Å². The number of carbonyl (C=O) groups is 1. The summed E-state index contributed by atoms with van der Waals surface area (Å²) in [6.45, 7) is 4.02. The fourth-order valence-electron chi connectivity index (χ4n) is 6.61. The molecular weight excluding hydrogens is 288 g/mol. The first-order valence-corrected chi connectivity index (χ1v) is 9.40. The van der Waals surface area contributed by atoms with Gasteiger partial charge in [-0.15, -0.1) is 0 Å². The van der Waals surface area contributed by atoms with Crippen molar-refractivity contribution in [1.29, 1.82) is 0 Å². The van der Waals surface area contributed by atoms with E-state index in [0.717, 1.165) is 43.9 Å². The molecule has 1 aromatic heterocycles. The van der Waals surface area contributed by atoms with Crippen LogP contribution in [0.2, 0.25) is 0 Å². The molecule has 0 aromatic carbocycles. The molecule has 0 radical (unpaired) electrons. The molecule has 4 nitrogen and oxygen atoms in total. The topological polar surface area (TPSA) is 37.9 Å². The molecule has 0 atom stereocenters. The second-order valence-corrected chi connectivity index (χ2v) is 8.57. The van der Waals surface area contributed by atoms with E-state index in [0.29, 0.717) is 11.3 Å². The largest absolute Gasteiger partial charge is 0.459 e. The zero-order valence-corrected chi connectivity index (χ0v) is 13.8. The summed E-state index contributed by atoms with van der Waals surface area (Å²) in [5.74, 6) is 3.59. The van der Waals surface area contributed by atoms with E-state index in [2.05, 4.69) is 0 Å². The second-order valence-electron chi connectivity index (χ2n) is 8.57. The number of quaternary nitrogens is 1. The molecular formula is C19H27N2O2+. The molecule has 124 valence electrons. The summed E-state index contributed by atoms with van der Waals surface area (Å²) in [4.78, 5) is 16.2. The average Bonchev–Trinajstić information content (AvgIpc) is 3.07. The first-order chi connectivity index (χ1) is 11.2. The minimum Gasteiger partial charge on any atom is -0.459 e. The van der Waals surface area contributed by atoms with Gasteiger partial charge in [0.15, 0.2) is 5.76 Å². The summed E-state index contributed by atoms with van der Waals surface area (Å²) < 4.78 is 5.28. The van der Waals surface area contributed by atoms with Crippen LogP contribution in [0.15, 0.2) is 22.8 Å². The lowest BCUT2D eigenvalue weighted by Crippen LogP contribution is -3.23. The van der Waals surface area contributed by atoms with Crippen molar-refractivity contribution in [2.45, 2.75) is 44.1 Å². The molecule has 0 unspecified atom stereocenters. The Kier molecular flexibility index (Phi) is 3.12. The Labute approximate surface area is 137 Å². The van der Waals surface area contributed by atoms with Gasteiger partial charge in [0.2, 0.25) is 0 Å². The zero-order chi connectivity index (χ0) is 15.4. The third kappa shape index (κ3) is 2.25. The predicted octanol–water partition coefficient (Wildman–Crippen LogP) is 1.59. The quantitative estimate of drug-likeness (QED) is 0.900. The fourth-order valence-corrected chi connectivity index (χ4v) is 6.61. The number of nitrogens with one attached hydrogen (secondary N) is 1. The first kappa shape index (κ1) is 14.1. The van der Waals surface area contributed by atoms with Crippen molar-refractivity contribution in [3.05, 3.63) is 24.2 Å². The van der Waals surface area contributed by atoms with Crippen molar-refractivity contribution in [3.8, 4) is 0 Å². The molecule has 1 saturated heterocycles. The number of piperazine rings is 1. The highest BCUT2D eigenvalue weighted by Crippen LogP contribution is 2.54. The molecule has 4 heteroatoms. The van der Waals surface area contributed by atoms with Crippen LogP contribution in [0, 0.1) is 17.8 Å². The second kappa shape index (κ2) is 5.10. The minimum atomic E-state index is 0.0690. The monoisotopic (exact) mass is 315 g/mol. The van der Waals surface area contributed by atoms with E-state index in [9.17, 15) is 4.79 Å². The van der Waals surface area contributed by atoms with E-state index in [4.69, 9.17) is 4.42 Å². The maximum absolute atomic E-state index is 12.4. The van der Waals surface area contributed by atoms with Crippen LogP contribution in [0.4, 0.5) is 0 Å². The van der Waals surface area contributed by atoms with Gasteiger partial charge in [0.25, 0.3) is 5.91 Å². The summed E-state index contributed by atoms with van der Waals surface area (Å²) in [7, 11) is 0. The molecule has 1 aromatic rings. The molecule has 1 amide bonds. The first-order valence-electron chi connectivity index (χ1n) is 9.40. The molecule has 2 heterocycles. The van der Waals surface area contributed by atoms with Crippen LogP contribution in [0.5, 0.6) is 0 Å². The Bertz CT molecular complexity index is 551. The lowest BCUT2D eigenvalue weighted by Gasteiger charge is -2.59. The van der Waals surface area contributed by atoms with Crippen molar-refractivity contribution < 1.29 is 14.1 Å². The number of rotatable bonds is 2. The summed E-state index contributed by atoms with van der Waals surface area (Å²) in [6, 6.07) is 3.57. The fraction of sp³-hybridized carbons (Fsp3) is 0.737. The summed E-state index contributed by atoms with van der Waals surface area (Å²) in [5.41, 5.74) is 0.564. The van der Waals surface area contributed by atoms with Crippen LogP contribution in [-0.2, 0) is 0 Å². The Morgan fingerprint density at radius 1 is 1.09 bits per heavy atom. The predicted molar refractivity (Wildman–Crippen MR) is 86.2 cm³/mol. The number of carbonyl (C=O) groups excluding carboxylic acids is 1. The van der Waals surface area contributed by atoms with Gasteiger partial charge in [-0.05, 0) is 49.1 Å². The molecule has 4 bridgehead atoms. The highest BCUT2D eigenvalue weighted by atomic mass is 16.3. The van der Waals surface area contributed by atoms with Crippen LogP contribution in [0.25, 0.3) is 0 Å². The Morgan fingerprint density at radius 2 is 1.70 bits per heavy atom. The molecule has 23 heavy (non-hydrogen) atoms.